The zero-order chi connectivity index (χ0) is 18.1. The van der Waals surface area contributed by atoms with Crippen molar-refractivity contribution in [2.75, 3.05) is 0 Å². The van der Waals surface area contributed by atoms with Gasteiger partial charge in [-0.1, -0.05) is 56.2 Å². The molecule has 0 bridgehead atoms. The highest BCUT2D eigenvalue weighted by atomic mass is 14.7. The average Bonchev–Trinajstić information content (AvgIpc) is 2.55. The van der Waals surface area contributed by atoms with Crippen LogP contribution in [0.2, 0.25) is 0 Å². The summed E-state index contributed by atoms with van der Waals surface area (Å²) in [7, 11) is 0. The van der Waals surface area contributed by atoms with Crippen molar-refractivity contribution in [3.63, 3.8) is 0 Å². The number of aryl methyl sites for hydroxylation is 3. The smallest absolute Gasteiger partial charge is 0.0780 e. The Balaban J connectivity index is 2.21. The normalized spacial score (nSPS) is 12.8. The summed E-state index contributed by atoms with van der Waals surface area (Å²) in [6.45, 7) is 13.4. The topological polar surface area (TPSA) is 12.9 Å². The molecule has 0 spiro atoms. The molecule has 1 nitrogen and oxygen atoms in total. The minimum Gasteiger partial charge on any atom is -0.255 e. The number of pyridine rings is 1. The van der Waals surface area contributed by atoms with Crippen LogP contribution in [-0.4, -0.2) is 4.98 Å². The Kier molecular flexibility index (Phi) is 4.94. The van der Waals surface area contributed by atoms with E-state index in [0.717, 1.165) is 5.69 Å². The molecule has 1 atom stereocenters. The van der Waals surface area contributed by atoms with Gasteiger partial charge < -0.3 is 0 Å². The van der Waals surface area contributed by atoms with E-state index >= 15 is 0 Å². The van der Waals surface area contributed by atoms with Crippen molar-refractivity contribution >= 4 is 10.8 Å². The van der Waals surface area contributed by atoms with Crippen molar-refractivity contribution in [1.82, 2.24) is 4.98 Å². The Morgan fingerprint density at radius 1 is 0.880 bits per heavy atom. The van der Waals surface area contributed by atoms with Crippen LogP contribution in [-0.2, 0) is 0 Å². The molecule has 0 fully saturated rings. The molecule has 0 amide bonds. The second-order valence-corrected chi connectivity index (χ2v) is 7.73. The zero-order valence-corrected chi connectivity index (χ0v) is 16.4. The first-order chi connectivity index (χ1) is 11.9. The molecule has 1 heteroatoms. The quantitative estimate of drug-likeness (QED) is 0.502. The maximum Gasteiger partial charge on any atom is 0.0780 e. The fraction of sp³-hybridized carbons (Fsp3) is 0.375. The SMILES string of the molecule is CCC(c1ccc2c(-c3cc(C)cc(C)c3)ncc(C)c2c1)C(C)C. The molecule has 1 heterocycles. The monoisotopic (exact) mass is 331 g/mol. The van der Waals surface area contributed by atoms with Gasteiger partial charge in [0.2, 0.25) is 0 Å². The van der Waals surface area contributed by atoms with Crippen molar-refractivity contribution in [3.8, 4) is 11.3 Å². The van der Waals surface area contributed by atoms with E-state index in [1.54, 1.807) is 0 Å². The van der Waals surface area contributed by atoms with E-state index in [1.807, 2.05) is 6.20 Å². The average molecular weight is 332 g/mol. The van der Waals surface area contributed by atoms with Gasteiger partial charge in [0, 0.05) is 17.1 Å². The molecule has 1 unspecified atom stereocenters. The van der Waals surface area contributed by atoms with Gasteiger partial charge >= 0.3 is 0 Å². The van der Waals surface area contributed by atoms with Crippen molar-refractivity contribution in [2.45, 2.75) is 53.9 Å². The van der Waals surface area contributed by atoms with Crippen LogP contribution in [0.15, 0.2) is 42.6 Å². The Morgan fingerprint density at radius 3 is 2.16 bits per heavy atom. The molecule has 3 aromatic rings. The van der Waals surface area contributed by atoms with Crippen molar-refractivity contribution in [1.29, 1.82) is 0 Å². The highest BCUT2D eigenvalue weighted by Crippen LogP contribution is 2.34. The highest BCUT2D eigenvalue weighted by molar-refractivity contribution is 5.96. The molecule has 0 radical (unpaired) electrons. The molecule has 0 saturated heterocycles. The molecule has 0 aliphatic rings. The van der Waals surface area contributed by atoms with E-state index in [4.69, 9.17) is 4.98 Å². The lowest BCUT2D eigenvalue weighted by Gasteiger charge is -2.21. The van der Waals surface area contributed by atoms with E-state index in [1.165, 1.54) is 45.0 Å². The summed E-state index contributed by atoms with van der Waals surface area (Å²) >= 11 is 0. The fourth-order valence-corrected chi connectivity index (χ4v) is 4.06. The van der Waals surface area contributed by atoms with Gasteiger partial charge in [0.25, 0.3) is 0 Å². The summed E-state index contributed by atoms with van der Waals surface area (Å²) in [5.74, 6) is 1.27. The maximum absolute atomic E-state index is 4.79. The van der Waals surface area contributed by atoms with Gasteiger partial charge in [-0.25, -0.2) is 0 Å². The molecule has 25 heavy (non-hydrogen) atoms. The van der Waals surface area contributed by atoms with Gasteiger partial charge in [0.05, 0.1) is 5.69 Å². The number of rotatable bonds is 4. The molecular weight excluding hydrogens is 302 g/mol. The molecule has 3 rings (SSSR count). The largest absolute Gasteiger partial charge is 0.255 e. The van der Waals surface area contributed by atoms with Crippen LogP contribution in [0.1, 0.15) is 55.4 Å². The standard InChI is InChI=1S/C24H29N/c1-7-21(15(2)3)19-8-9-22-23(13-19)18(6)14-25-24(22)20-11-16(4)10-17(5)12-20/h8-15,21H,7H2,1-6H3. The third-order valence-electron chi connectivity index (χ3n) is 5.28. The molecule has 1 aromatic heterocycles. The van der Waals surface area contributed by atoms with Crippen LogP contribution >= 0.6 is 0 Å². The lowest BCUT2D eigenvalue weighted by atomic mass is 9.85. The predicted molar refractivity (Wildman–Crippen MR) is 109 cm³/mol. The molecule has 0 saturated carbocycles. The van der Waals surface area contributed by atoms with E-state index in [0.29, 0.717) is 11.8 Å². The minimum absolute atomic E-state index is 0.613. The zero-order valence-electron chi connectivity index (χ0n) is 16.4. The van der Waals surface area contributed by atoms with Crippen LogP contribution in [0.4, 0.5) is 0 Å². The van der Waals surface area contributed by atoms with Gasteiger partial charge in [0.15, 0.2) is 0 Å². The van der Waals surface area contributed by atoms with Gasteiger partial charge in [-0.15, -0.1) is 0 Å². The number of aromatic nitrogens is 1. The summed E-state index contributed by atoms with van der Waals surface area (Å²) in [6.07, 6.45) is 3.20. The Labute approximate surface area is 152 Å². The molecule has 0 aliphatic carbocycles. The second-order valence-electron chi connectivity index (χ2n) is 7.73. The van der Waals surface area contributed by atoms with Crippen LogP contribution in [0.3, 0.4) is 0 Å². The summed E-state index contributed by atoms with van der Waals surface area (Å²) in [4.78, 5) is 4.79. The summed E-state index contributed by atoms with van der Waals surface area (Å²) < 4.78 is 0. The third kappa shape index (κ3) is 3.46. The van der Waals surface area contributed by atoms with Gasteiger partial charge in [-0.3, -0.25) is 4.98 Å². The first-order valence-corrected chi connectivity index (χ1v) is 9.38. The Morgan fingerprint density at radius 2 is 1.56 bits per heavy atom. The van der Waals surface area contributed by atoms with Crippen LogP contribution in [0, 0.1) is 26.7 Å². The number of fused-ring (bicyclic) bond motifs is 1. The van der Waals surface area contributed by atoms with Gasteiger partial charge in [0.1, 0.15) is 0 Å². The van der Waals surface area contributed by atoms with Crippen molar-refractivity contribution in [2.24, 2.45) is 5.92 Å². The van der Waals surface area contributed by atoms with Crippen molar-refractivity contribution < 1.29 is 0 Å². The maximum atomic E-state index is 4.79. The second kappa shape index (κ2) is 7.00. The fourth-order valence-electron chi connectivity index (χ4n) is 4.06. The van der Waals surface area contributed by atoms with E-state index in [-0.39, 0.29) is 0 Å². The number of hydrogen-bond acceptors (Lipinski definition) is 1. The predicted octanol–water partition coefficient (Wildman–Crippen LogP) is 6.98. The van der Waals surface area contributed by atoms with E-state index in [9.17, 15) is 0 Å². The number of nitrogens with zero attached hydrogens (tertiary/aromatic N) is 1. The Hall–Kier alpha value is -2.15. The Bertz CT molecular complexity index is 885. The number of benzene rings is 2. The van der Waals surface area contributed by atoms with Crippen LogP contribution in [0.25, 0.3) is 22.0 Å². The lowest BCUT2D eigenvalue weighted by molar-refractivity contribution is 0.485. The summed E-state index contributed by atoms with van der Waals surface area (Å²) in [6, 6.07) is 13.7. The van der Waals surface area contributed by atoms with Gasteiger partial charge in [-0.2, -0.15) is 0 Å². The van der Waals surface area contributed by atoms with E-state index in [2.05, 4.69) is 77.9 Å². The first kappa shape index (κ1) is 17.7. The third-order valence-corrected chi connectivity index (χ3v) is 5.28. The molecular formula is C24H29N. The highest BCUT2D eigenvalue weighted by Gasteiger charge is 2.16. The molecule has 0 N–H and O–H groups in total. The first-order valence-electron chi connectivity index (χ1n) is 9.38. The van der Waals surface area contributed by atoms with Crippen LogP contribution in [0.5, 0.6) is 0 Å². The van der Waals surface area contributed by atoms with Crippen molar-refractivity contribution in [3.05, 3.63) is 64.8 Å². The minimum atomic E-state index is 0.613. The van der Waals surface area contributed by atoms with Gasteiger partial charge in [-0.05, 0) is 67.7 Å². The molecule has 0 aliphatic heterocycles. The summed E-state index contributed by atoms with van der Waals surface area (Å²) in [5.41, 5.74) is 7.58. The molecule has 2 aromatic carbocycles. The molecule has 130 valence electrons. The van der Waals surface area contributed by atoms with Crippen LogP contribution < -0.4 is 0 Å². The number of hydrogen-bond donors (Lipinski definition) is 0. The van der Waals surface area contributed by atoms with E-state index < -0.39 is 0 Å². The summed E-state index contributed by atoms with van der Waals surface area (Å²) in [5, 5.41) is 2.59. The lowest BCUT2D eigenvalue weighted by Crippen LogP contribution is -2.05.